The van der Waals surface area contributed by atoms with E-state index in [9.17, 15) is 13.9 Å². The maximum absolute atomic E-state index is 14.0. The number of halogens is 2. The van der Waals surface area contributed by atoms with Crippen LogP contribution < -0.4 is 5.32 Å². The van der Waals surface area contributed by atoms with Crippen molar-refractivity contribution < 1.29 is 13.9 Å². The zero-order valence-corrected chi connectivity index (χ0v) is 14.0. The van der Waals surface area contributed by atoms with Crippen LogP contribution in [0.5, 0.6) is 0 Å². The van der Waals surface area contributed by atoms with E-state index >= 15 is 0 Å². The minimum atomic E-state index is -0.630. The molecule has 1 saturated carbocycles. The Labute approximate surface area is 140 Å². The van der Waals surface area contributed by atoms with Gasteiger partial charge in [-0.25, -0.2) is 13.5 Å². The highest BCUT2D eigenvalue weighted by Gasteiger charge is 2.24. The second-order valence-electron chi connectivity index (χ2n) is 6.55. The van der Waals surface area contributed by atoms with Crippen molar-refractivity contribution in [3.05, 3.63) is 46.8 Å². The molecule has 24 heavy (non-hydrogen) atoms. The molecule has 1 heterocycles. The monoisotopic (exact) mass is 335 g/mol. The molecule has 2 unspecified atom stereocenters. The molecular formula is C18H23F2N3O. The van der Waals surface area contributed by atoms with E-state index in [1.54, 1.807) is 0 Å². The van der Waals surface area contributed by atoms with E-state index in [-0.39, 0.29) is 11.8 Å². The van der Waals surface area contributed by atoms with E-state index in [0.29, 0.717) is 12.5 Å². The summed E-state index contributed by atoms with van der Waals surface area (Å²) < 4.78 is 28.6. The molecule has 6 heteroatoms. The Bertz CT molecular complexity index is 729. The van der Waals surface area contributed by atoms with E-state index in [1.807, 2.05) is 13.8 Å². The number of aromatic nitrogens is 2. The molecule has 4 nitrogen and oxygen atoms in total. The van der Waals surface area contributed by atoms with Crippen LogP contribution >= 0.6 is 0 Å². The molecule has 0 radical (unpaired) electrons. The summed E-state index contributed by atoms with van der Waals surface area (Å²) in [4.78, 5) is 0. The van der Waals surface area contributed by atoms with E-state index in [2.05, 4.69) is 10.4 Å². The summed E-state index contributed by atoms with van der Waals surface area (Å²) in [5.74, 6) is -0.931. The van der Waals surface area contributed by atoms with Gasteiger partial charge in [-0.05, 0) is 44.7 Å². The third-order valence-electron chi connectivity index (χ3n) is 4.91. The number of aliphatic hydroxyl groups is 1. The number of hydrogen-bond acceptors (Lipinski definition) is 3. The number of nitrogens with zero attached hydrogens (tertiary/aromatic N) is 2. The van der Waals surface area contributed by atoms with Gasteiger partial charge in [-0.15, -0.1) is 0 Å². The molecule has 0 saturated heterocycles. The third-order valence-corrected chi connectivity index (χ3v) is 4.91. The van der Waals surface area contributed by atoms with Crippen LogP contribution in [0.1, 0.15) is 36.2 Å². The Morgan fingerprint density at radius 1 is 1.29 bits per heavy atom. The first-order valence-electron chi connectivity index (χ1n) is 8.36. The fourth-order valence-electron chi connectivity index (χ4n) is 3.46. The number of hydrogen-bond donors (Lipinski definition) is 2. The molecule has 1 aliphatic carbocycles. The summed E-state index contributed by atoms with van der Waals surface area (Å²) in [5.41, 5.74) is 2.90. The minimum absolute atomic E-state index is 0.212. The number of aryl methyl sites for hydroxylation is 1. The lowest BCUT2D eigenvalue weighted by Crippen LogP contribution is -2.27. The maximum atomic E-state index is 14.0. The molecule has 3 rings (SSSR count). The van der Waals surface area contributed by atoms with Crippen LogP contribution in [0.15, 0.2) is 18.2 Å². The van der Waals surface area contributed by atoms with E-state index in [0.717, 1.165) is 48.8 Å². The highest BCUT2D eigenvalue weighted by Crippen LogP contribution is 2.25. The van der Waals surface area contributed by atoms with Crippen LogP contribution in [0.4, 0.5) is 8.78 Å². The third kappa shape index (κ3) is 3.35. The second-order valence-corrected chi connectivity index (χ2v) is 6.55. The molecule has 1 aromatic carbocycles. The van der Waals surface area contributed by atoms with Gasteiger partial charge in [-0.3, -0.25) is 0 Å². The Balaban J connectivity index is 1.74. The van der Waals surface area contributed by atoms with E-state index in [1.165, 1.54) is 16.8 Å². The molecule has 2 N–H and O–H groups in total. The topological polar surface area (TPSA) is 50.1 Å². The van der Waals surface area contributed by atoms with Crippen LogP contribution in [0, 0.1) is 31.4 Å². The molecule has 0 bridgehead atoms. The average Bonchev–Trinajstić information content (AvgIpc) is 3.05. The zero-order valence-electron chi connectivity index (χ0n) is 14.0. The predicted octanol–water partition coefficient (Wildman–Crippen LogP) is 3.02. The van der Waals surface area contributed by atoms with Gasteiger partial charge in [-0.1, -0.05) is 6.42 Å². The summed E-state index contributed by atoms with van der Waals surface area (Å²) in [5, 5.41) is 17.7. The molecule has 0 amide bonds. The molecule has 0 aliphatic heterocycles. The summed E-state index contributed by atoms with van der Waals surface area (Å²) in [6, 6.07) is 3.50. The van der Waals surface area contributed by atoms with Gasteiger partial charge in [0.05, 0.1) is 11.8 Å². The Hall–Kier alpha value is -1.79. The van der Waals surface area contributed by atoms with Gasteiger partial charge in [0.25, 0.3) is 0 Å². The first kappa shape index (κ1) is 17.0. The summed E-state index contributed by atoms with van der Waals surface area (Å²) >= 11 is 0. The lowest BCUT2D eigenvalue weighted by molar-refractivity contribution is 0.131. The predicted molar refractivity (Wildman–Crippen MR) is 88.0 cm³/mol. The largest absolute Gasteiger partial charge is 0.393 e. The number of rotatable bonds is 5. The maximum Gasteiger partial charge on any atom is 0.151 e. The molecule has 0 spiro atoms. The van der Waals surface area contributed by atoms with Gasteiger partial charge in [0.15, 0.2) is 5.82 Å². The molecule has 1 aromatic heterocycles. The van der Waals surface area contributed by atoms with Crippen molar-refractivity contribution in [1.82, 2.24) is 15.1 Å². The number of aliphatic hydroxyl groups excluding tert-OH is 1. The van der Waals surface area contributed by atoms with Gasteiger partial charge in [0.2, 0.25) is 0 Å². The van der Waals surface area contributed by atoms with Gasteiger partial charge < -0.3 is 10.4 Å². The summed E-state index contributed by atoms with van der Waals surface area (Å²) in [7, 11) is 0. The lowest BCUT2D eigenvalue weighted by atomic mass is 10.1. The van der Waals surface area contributed by atoms with Crippen molar-refractivity contribution >= 4 is 0 Å². The second kappa shape index (κ2) is 6.99. The standard InChI is InChI=1S/C18H23F2N3O/c1-11-15(10-21-9-13-4-3-5-18(13)24)12(2)23(22-11)17-7-6-14(19)8-16(17)20/h6-8,13,18,21,24H,3-5,9-10H2,1-2H3. The highest BCUT2D eigenvalue weighted by molar-refractivity contribution is 5.38. The average molecular weight is 335 g/mol. The molecular weight excluding hydrogens is 312 g/mol. The van der Waals surface area contributed by atoms with Crippen LogP contribution in [-0.2, 0) is 6.54 Å². The fourth-order valence-corrected chi connectivity index (χ4v) is 3.46. The zero-order chi connectivity index (χ0) is 17.3. The van der Waals surface area contributed by atoms with Crippen LogP contribution in [0.25, 0.3) is 5.69 Å². The van der Waals surface area contributed by atoms with Crippen molar-refractivity contribution in [2.75, 3.05) is 6.54 Å². The van der Waals surface area contributed by atoms with Crippen LogP contribution in [0.3, 0.4) is 0 Å². The summed E-state index contributed by atoms with van der Waals surface area (Å²) in [6.07, 6.45) is 2.79. The number of benzene rings is 1. The van der Waals surface area contributed by atoms with Crippen molar-refractivity contribution in [3.8, 4) is 5.69 Å². The van der Waals surface area contributed by atoms with Crippen molar-refractivity contribution in [2.24, 2.45) is 5.92 Å². The van der Waals surface area contributed by atoms with E-state index < -0.39 is 11.6 Å². The van der Waals surface area contributed by atoms with Crippen molar-refractivity contribution in [1.29, 1.82) is 0 Å². The number of nitrogens with one attached hydrogen (secondary N) is 1. The van der Waals surface area contributed by atoms with Gasteiger partial charge in [-0.2, -0.15) is 5.10 Å². The molecule has 130 valence electrons. The normalized spacial score (nSPS) is 20.7. The Kier molecular flexibility index (Phi) is 4.96. The molecule has 1 fully saturated rings. The van der Waals surface area contributed by atoms with Gasteiger partial charge in [0, 0.05) is 30.4 Å². The quantitative estimate of drug-likeness (QED) is 0.883. The Morgan fingerprint density at radius 2 is 2.08 bits per heavy atom. The van der Waals surface area contributed by atoms with Crippen molar-refractivity contribution in [3.63, 3.8) is 0 Å². The molecule has 1 aliphatic rings. The van der Waals surface area contributed by atoms with Gasteiger partial charge >= 0.3 is 0 Å². The fraction of sp³-hybridized carbons (Fsp3) is 0.500. The summed E-state index contributed by atoms with van der Waals surface area (Å²) in [6.45, 7) is 5.14. The van der Waals surface area contributed by atoms with Crippen molar-refractivity contribution in [2.45, 2.75) is 45.8 Å². The minimum Gasteiger partial charge on any atom is -0.393 e. The van der Waals surface area contributed by atoms with Gasteiger partial charge in [0.1, 0.15) is 11.5 Å². The lowest BCUT2D eigenvalue weighted by Gasteiger charge is -2.15. The first-order chi connectivity index (χ1) is 11.5. The highest BCUT2D eigenvalue weighted by atomic mass is 19.1. The first-order valence-corrected chi connectivity index (χ1v) is 8.36. The molecule has 2 atom stereocenters. The van der Waals surface area contributed by atoms with Crippen LogP contribution in [-0.4, -0.2) is 27.5 Å². The van der Waals surface area contributed by atoms with Crippen LogP contribution in [0.2, 0.25) is 0 Å². The smallest absolute Gasteiger partial charge is 0.151 e. The molecule has 2 aromatic rings. The van der Waals surface area contributed by atoms with E-state index in [4.69, 9.17) is 0 Å². The Morgan fingerprint density at radius 3 is 2.75 bits per heavy atom. The SMILES string of the molecule is Cc1nn(-c2ccc(F)cc2F)c(C)c1CNCC1CCCC1O.